The van der Waals surface area contributed by atoms with Gasteiger partial charge in [0.1, 0.15) is 0 Å². The molecule has 0 radical (unpaired) electrons. The molecule has 72 valence electrons. The summed E-state index contributed by atoms with van der Waals surface area (Å²) in [6.07, 6.45) is 3.36. The first-order valence-electron chi connectivity index (χ1n) is 3.89. The van der Waals surface area contributed by atoms with E-state index in [1.54, 1.807) is 18.6 Å². The smallest absolute Gasteiger partial charge is 0.324 e. The van der Waals surface area contributed by atoms with Crippen LogP contribution in [0.25, 0.3) is 10.6 Å². The maximum absolute atomic E-state index is 10.5. The highest BCUT2D eigenvalue weighted by molar-refractivity contribution is 7.18. The Morgan fingerprint density at radius 1 is 1.57 bits per heavy atom. The summed E-state index contributed by atoms with van der Waals surface area (Å²) < 4.78 is 1.83. The van der Waals surface area contributed by atoms with Crippen molar-refractivity contribution >= 4 is 16.3 Å². The van der Waals surface area contributed by atoms with Gasteiger partial charge < -0.3 is 4.57 Å². The second kappa shape index (κ2) is 3.22. The van der Waals surface area contributed by atoms with E-state index in [0.29, 0.717) is 0 Å². The maximum Gasteiger partial charge on any atom is 0.324 e. The van der Waals surface area contributed by atoms with Gasteiger partial charge in [0.15, 0.2) is 0 Å². The Morgan fingerprint density at radius 3 is 2.86 bits per heavy atom. The number of hydrogen-bond donors (Lipinski definition) is 0. The predicted molar refractivity (Wildman–Crippen MR) is 53.2 cm³/mol. The number of aryl methyl sites for hydroxylation is 1. The van der Waals surface area contributed by atoms with Crippen LogP contribution in [0.5, 0.6) is 0 Å². The summed E-state index contributed by atoms with van der Waals surface area (Å²) in [4.78, 5) is 14.9. The number of aromatic nitrogens is 2. The molecule has 0 bridgehead atoms. The zero-order valence-corrected chi connectivity index (χ0v) is 8.19. The van der Waals surface area contributed by atoms with Crippen molar-refractivity contribution in [3.05, 3.63) is 34.8 Å². The summed E-state index contributed by atoms with van der Waals surface area (Å²) in [7, 11) is 1.86. The van der Waals surface area contributed by atoms with Gasteiger partial charge in [-0.1, -0.05) is 11.3 Å². The molecule has 0 spiro atoms. The third kappa shape index (κ3) is 1.39. The van der Waals surface area contributed by atoms with Crippen molar-refractivity contribution in [2.24, 2.45) is 7.05 Å². The number of rotatable bonds is 2. The molecule has 0 fully saturated rings. The van der Waals surface area contributed by atoms with E-state index in [1.165, 1.54) is 6.07 Å². The van der Waals surface area contributed by atoms with E-state index in [4.69, 9.17) is 0 Å². The van der Waals surface area contributed by atoms with Gasteiger partial charge in [-0.2, -0.15) is 0 Å². The van der Waals surface area contributed by atoms with Crippen molar-refractivity contribution < 1.29 is 4.92 Å². The molecule has 2 aromatic rings. The Hall–Kier alpha value is -1.69. The van der Waals surface area contributed by atoms with Gasteiger partial charge in [-0.15, -0.1) is 0 Å². The van der Waals surface area contributed by atoms with Crippen LogP contribution in [0.2, 0.25) is 0 Å². The van der Waals surface area contributed by atoms with Crippen molar-refractivity contribution in [1.29, 1.82) is 0 Å². The van der Waals surface area contributed by atoms with E-state index >= 15 is 0 Å². The van der Waals surface area contributed by atoms with E-state index in [0.717, 1.165) is 21.9 Å². The number of imidazole rings is 1. The highest BCUT2D eigenvalue weighted by Crippen LogP contribution is 2.31. The Labute approximate surface area is 83.8 Å². The molecular formula is C8H7N3O2S. The molecule has 0 saturated carbocycles. The van der Waals surface area contributed by atoms with E-state index in [2.05, 4.69) is 4.98 Å². The predicted octanol–water partition coefficient (Wildman–Crippen LogP) is 2.06. The Balaban J connectivity index is 2.43. The Kier molecular flexibility index (Phi) is 2.05. The minimum Gasteiger partial charge on any atom is -0.333 e. The lowest BCUT2D eigenvalue weighted by Gasteiger charge is -1.95. The fourth-order valence-electron chi connectivity index (χ4n) is 1.16. The van der Waals surface area contributed by atoms with Crippen LogP contribution in [0.1, 0.15) is 0 Å². The van der Waals surface area contributed by atoms with Crippen LogP contribution in [0.3, 0.4) is 0 Å². The molecule has 2 heterocycles. The molecule has 0 aliphatic rings. The molecule has 2 aromatic heterocycles. The molecule has 0 aliphatic carbocycles. The summed E-state index contributed by atoms with van der Waals surface area (Å²) in [5.74, 6) is 0. The average molecular weight is 209 g/mol. The van der Waals surface area contributed by atoms with E-state index < -0.39 is 0 Å². The van der Waals surface area contributed by atoms with E-state index in [-0.39, 0.29) is 9.92 Å². The van der Waals surface area contributed by atoms with Crippen LogP contribution < -0.4 is 0 Å². The SMILES string of the molecule is Cn1cncc1-c1ccc([N+](=O)[O-])s1. The van der Waals surface area contributed by atoms with E-state index in [9.17, 15) is 10.1 Å². The highest BCUT2D eigenvalue weighted by atomic mass is 32.1. The third-order valence-electron chi connectivity index (χ3n) is 1.84. The van der Waals surface area contributed by atoms with Crippen molar-refractivity contribution in [3.63, 3.8) is 0 Å². The van der Waals surface area contributed by atoms with Gasteiger partial charge in [0, 0.05) is 13.1 Å². The topological polar surface area (TPSA) is 61.0 Å². The zero-order chi connectivity index (χ0) is 10.1. The lowest BCUT2D eigenvalue weighted by Crippen LogP contribution is -1.86. The number of nitrogens with zero attached hydrogens (tertiary/aromatic N) is 3. The number of thiophene rings is 1. The van der Waals surface area contributed by atoms with Gasteiger partial charge in [0.05, 0.1) is 28.0 Å². The Morgan fingerprint density at radius 2 is 2.36 bits per heavy atom. The van der Waals surface area contributed by atoms with Crippen LogP contribution in [0.15, 0.2) is 24.7 Å². The summed E-state index contributed by atoms with van der Waals surface area (Å²) in [6.45, 7) is 0. The van der Waals surface area contributed by atoms with Crippen molar-refractivity contribution in [2.75, 3.05) is 0 Å². The minimum absolute atomic E-state index is 0.154. The molecule has 0 amide bonds. The standard InChI is InChI=1S/C8H7N3O2S/c1-10-5-9-4-6(10)7-2-3-8(14-7)11(12)13/h2-5H,1H3. The lowest BCUT2D eigenvalue weighted by atomic mass is 10.4. The molecule has 6 heteroatoms. The molecule has 0 unspecified atom stereocenters. The Bertz CT molecular complexity index is 474. The normalized spacial score (nSPS) is 10.4. The van der Waals surface area contributed by atoms with Crippen LogP contribution >= 0.6 is 11.3 Å². The minimum atomic E-state index is -0.384. The van der Waals surface area contributed by atoms with Crippen LogP contribution in [0, 0.1) is 10.1 Å². The quantitative estimate of drug-likeness (QED) is 0.561. The van der Waals surface area contributed by atoms with Crippen molar-refractivity contribution in [2.45, 2.75) is 0 Å². The van der Waals surface area contributed by atoms with E-state index in [1.807, 2.05) is 11.6 Å². The molecule has 0 aromatic carbocycles. The van der Waals surface area contributed by atoms with Crippen LogP contribution in [-0.4, -0.2) is 14.5 Å². The summed E-state index contributed by atoms with van der Waals surface area (Å²) >= 11 is 1.15. The van der Waals surface area contributed by atoms with Gasteiger partial charge in [0.2, 0.25) is 0 Å². The van der Waals surface area contributed by atoms with Gasteiger partial charge in [0.25, 0.3) is 0 Å². The largest absolute Gasteiger partial charge is 0.333 e. The van der Waals surface area contributed by atoms with Gasteiger partial charge in [-0.25, -0.2) is 4.98 Å². The number of hydrogen-bond acceptors (Lipinski definition) is 4. The summed E-state index contributed by atoms with van der Waals surface area (Å²) in [5, 5.41) is 10.6. The molecule has 0 atom stereocenters. The maximum atomic E-state index is 10.5. The van der Waals surface area contributed by atoms with Crippen molar-refractivity contribution in [1.82, 2.24) is 9.55 Å². The van der Waals surface area contributed by atoms with Crippen LogP contribution in [-0.2, 0) is 7.05 Å². The molecule has 2 rings (SSSR count). The van der Waals surface area contributed by atoms with Gasteiger partial charge in [-0.3, -0.25) is 10.1 Å². The summed E-state index contributed by atoms with van der Waals surface area (Å²) in [6, 6.07) is 3.24. The molecule has 14 heavy (non-hydrogen) atoms. The summed E-state index contributed by atoms with van der Waals surface area (Å²) in [5.41, 5.74) is 0.892. The monoisotopic (exact) mass is 209 g/mol. The molecule has 0 aliphatic heterocycles. The second-order valence-electron chi connectivity index (χ2n) is 2.78. The first kappa shape index (κ1) is 8.89. The first-order chi connectivity index (χ1) is 6.68. The van der Waals surface area contributed by atoms with Gasteiger partial charge in [-0.05, 0) is 6.07 Å². The first-order valence-corrected chi connectivity index (χ1v) is 4.71. The molecule has 0 saturated heterocycles. The van der Waals surface area contributed by atoms with Crippen LogP contribution in [0.4, 0.5) is 5.00 Å². The molecule has 0 N–H and O–H groups in total. The molecular weight excluding hydrogens is 202 g/mol. The fraction of sp³-hybridized carbons (Fsp3) is 0.125. The second-order valence-corrected chi connectivity index (χ2v) is 3.85. The third-order valence-corrected chi connectivity index (χ3v) is 2.90. The zero-order valence-electron chi connectivity index (χ0n) is 7.38. The fourth-order valence-corrected chi connectivity index (χ4v) is 2.03. The molecule has 5 nitrogen and oxygen atoms in total. The van der Waals surface area contributed by atoms with Crippen molar-refractivity contribution in [3.8, 4) is 10.6 Å². The van der Waals surface area contributed by atoms with Gasteiger partial charge >= 0.3 is 5.00 Å². The highest BCUT2D eigenvalue weighted by Gasteiger charge is 2.12. The number of nitro groups is 1. The average Bonchev–Trinajstić information content (AvgIpc) is 2.71. The lowest BCUT2D eigenvalue weighted by molar-refractivity contribution is -0.380.